The highest BCUT2D eigenvalue weighted by Crippen LogP contribution is 2.33. The van der Waals surface area contributed by atoms with Crippen LogP contribution in [0, 0.1) is 5.92 Å². The van der Waals surface area contributed by atoms with E-state index in [4.69, 9.17) is 0 Å². The van der Waals surface area contributed by atoms with Crippen LogP contribution in [0.1, 0.15) is 24.0 Å². The van der Waals surface area contributed by atoms with Crippen LogP contribution in [0.15, 0.2) is 64.5 Å². The van der Waals surface area contributed by atoms with Gasteiger partial charge in [-0.2, -0.15) is 4.99 Å². The number of benzene rings is 2. The molecule has 0 atom stereocenters. The number of nitrogens with zero attached hydrogens (tertiary/aromatic N) is 3. The van der Waals surface area contributed by atoms with Crippen molar-refractivity contribution in [2.45, 2.75) is 19.3 Å². The van der Waals surface area contributed by atoms with Crippen molar-refractivity contribution >= 4 is 34.6 Å². The van der Waals surface area contributed by atoms with Gasteiger partial charge in [0.1, 0.15) is 0 Å². The van der Waals surface area contributed by atoms with Crippen LogP contribution < -0.4 is 4.90 Å². The highest BCUT2D eigenvalue weighted by Gasteiger charge is 2.29. The summed E-state index contributed by atoms with van der Waals surface area (Å²) in [4.78, 5) is 21.8. The highest BCUT2D eigenvalue weighted by molar-refractivity contribution is 8.18. The molecular weight excluding hydrogens is 378 g/mol. The first-order chi connectivity index (χ1) is 14.1. The fourth-order valence-electron chi connectivity index (χ4n) is 3.83. The van der Waals surface area contributed by atoms with Crippen molar-refractivity contribution in [3.8, 4) is 0 Å². The zero-order valence-corrected chi connectivity index (χ0v) is 17.9. The number of likely N-dealkylation sites (tertiary alicyclic amines) is 1. The molecule has 4 rings (SSSR count). The molecule has 0 unspecified atom stereocenters. The zero-order chi connectivity index (χ0) is 20.2. The lowest BCUT2D eigenvalue weighted by Crippen LogP contribution is -2.37. The second kappa shape index (κ2) is 8.87. The molecule has 2 aromatic rings. The van der Waals surface area contributed by atoms with Gasteiger partial charge < -0.3 is 9.80 Å². The van der Waals surface area contributed by atoms with Crippen LogP contribution in [0.2, 0.25) is 0 Å². The Morgan fingerprint density at radius 2 is 1.76 bits per heavy atom. The molecule has 5 heteroatoms. The number of anilines is 1. The van der Waals surface area contributed by atoms with Crippen LogP contribution in [0.4, 0.5) is 5.69 Å². The molecule has 2 heterocycles. The minimum absolute atomic E-state index is 0.118. The van der Waals surface area contributed by atoms with Crippen LogP contribution in [0.5, 0.6) is 0 Å². The molecule has 0 radical (unpaired) electrons. The topological polar surface area (TPSA) is 35.9 Å². The van der Waals surface area contributed by atoms with Gasteiger partial charge in [-0.3, -0.25) is 4.79 Å². The monoisotopic (exact) mass is 405 g/mol. The predicted molar refractivity (Wildman–Crippen MR) is 123 cm³/mol. The first-order valence-electron chi connectivity index (χ1n) is 10.2. The highest BCUT2D eigenvalue weighted by atomic mass is 32.2. The number of amidine groups is 1. The second-order valence-corrected chi connectivity index (χ2v) is 8.93. The third-order valence-electron chi connectivity index (χ3n) is 5.57. The third-order valence-corrected chi connectivity index (χ3v) is 6.61. The molecule has 150 valence electrons. The number of hydrogen-bond donors (Lipinski definition) is 0. The fraction of sp³-hybridized carbons (Fsp3) is 0.333. The lowest BCUT2D eigenvalue weighted by molar-refractivity contribution is -0.113. The maximum atomic E-state index is 12.4. The number of thioether (sulfide) groups is 1. The van der Waals surface area contributed by atoms with Gasteiger partial charge in [0.05, 0.1) is 4.91 Å². The van der Waals surface area contributed by atoms with E-state index in [9.17, 15) is 4.79 Å². The van der Waals surface area contributed by atoms with E-state index in [2.05, 4.69) is 57.3 Å². The largest absolute Gasteiger partial charge is 0.378 e. The Balaban J connectivity index is 1.34. The Bertz CT molecular complexity index is 911. The van der Waals surface area contributed by atoms with Gasteiger partial charge in [-0.1, -0.05) is 42.5 Å². The van der Waals surface area contributed by atoms with E-state index in [0.717, 1.165) is 48.8 Å². The molecule has 29 heavy (non-hydrogen) atoms. The molecule has 1 fully saturated rings. The lowest BCUT2D eigenvalue weighted by atomic mass is 9.90. The number of piperidine rings is 1. The average molecular weight is 406 g/mol. The maximum absolute atomic E-state index is 12.4. The standard InChI is InChI=1S/C24H27N3OS/c1-26(2)21-10-8-19(9-11-21)17-22-23(28)25-24(29-22)27-14-12-20(13-15-27)16-18-6-4-3-5-7-18/h3-11,17,20H,12-16H2,1-2H3/b22-17-. The summed E-state index contributed by atoms with van der Waals surface area (Å²) in [6.07, 6.45) is 5.38. The minimum Gasteiger partial charge on any atom is -0.378 e. The molecule has 2 aliphatic heterocycles. The van der Waals surface area contributed by atoms with E-state index < -0.39 is 0 Å². The zero-order valence-electron chi connectivity index (χ0n) is 17.0. The summed E-state index contributed by atoms with van der Waals surface area (Å²) in [6, 6.07) is 18.9. The number of amides is 1. The van der Waals surface area contributed by atoms with Gasteiger partial charge in [0.2, 0.25) is 0 Å². The summed E-state index contributed by atoms with van der Waals surface area (Å²) in [7, 11) is 4.04. The van der Waals surface area contributed by atoms with Crippen molar-refractivity contribution in [3.63, 3.8) is 0 Å². The first-order valence-corrected chi connectivity index (χ1v) is 11.0. The Morgan fingerprint density at radius 1 is 1.07 bits per heavy atom. The van der Waals surface area contributed by atoms with Crippen LogP contribution in [-0.2, 0) is 11.2 Å². The summed E-state index contributed by atoms with van der Waals surface area (Å²) in [5.41, 5.74) is 3.59. The van der Waals surface area contributed by atoms with Gasteiger partial charge in [0.15, 0.2) is 5.17 Å². The van der Waals surface area contributed by atoms with E-state index in [1.807, 2.05) is 32.3 Å². The van der Waals surface area contributed by atoms with Crippen LogP contribution in [0.3, 0.4) is 0 Å². The number of carbonyl (C=O) groups is 1. The Morgan fingerprint density at radius 3 is 2.41 bits per heavy atom. The van der Waals surface area contributed by atoms with Crippen molar-refractivity contribution in [1.29, 1.82) is 0 Å². The quantitative estimate of drug-likeness (QED) is 0.692. The van der Waals surface area contributed by atoms with E-state index in [1.54, 1.807) is 0 Å². The molecule has 1 amide bonds. The van der Waals surface area contributed by atoms with Crippen molar-refractivity contribution in [2.75, 3.05) is 32.1 Å². The number of aliphatic imine (C=N–C) groups is 1. The van der Waals surface area contributed by atoms with Gasteiger partial charge in [0, 0.05) is 32.9 Å². The van der Waals surface area contributed by atoms with Gasteiger partial charge in [-0.25, -0.2) is 0 Å². The van der Waals surface area contributed by atoms with E-state index in [1.165, 1.54) is 17.3 Å². The Hall–Kier alpha value is -2.53. The molecule has 0 N–H and O–H groups in total. The summed E-state index contributed by atoms with van der Waals surface area (Å²) < 4.78 is 0. The minimum atomic E-state index is -0.118. The Labute approximate surface area is 177 Å². The van der Waals surface area contributed by atoms with E-state index in [0.29, 0.717) is 10.8 Å². The molecule has 2 aromatic carbocycles. The van der Waals surface area contributed by atoms with Crippen molar-refractivity contribution in [2.24, 2.45) is 10.9 Å². The van der Waals surface area contributed by atoms with Crippen LogP contribution >= 0.6 is 11.8 Å². The average Bonchev–Trinajstić information content (AvgIpc) is 3.10. The maximum Gasteiger partial charge on any atom is 0.286 e. The smallest absolute Gasteiger partial charge is 0.286 e. The molecule has 0 bridgehead atoms. The number of rotatable bonds is 4. The summed E-state index contributed by atoms with van der Waals surface area (Å²) >= 11 is 1.51. The van der Waals surface area contributed by atoms with Crippen LogP contribution in [-0.4, -0.2) is 43.2 Å². The van der Waals surface area contributed by atoms with Crippen molar-refractivity contribution in [1.82, 2.24) is 4.90 Å². The predicted octanol–water partition coefficient (Wildman–Crippen LogP) is 4.68. The summed E-state index contributed by atoms with van der Waals surface area (Å²) in [5.74, 6) is 0.592. The van der Waals surface area contributed by atoms with Gasteiger partial charge in [-0.05, 0) is 66.3 Å². The molecule has 2 aliphatic rings. The first kappa shape index (κ1) is 19.8. The lowest BCUT2D eigenvalue weighted by Gasteiger charge is -2.32. The van der Waals surface area contributed by atoms with Crippen LogP contribution in [0.25, 0.3) is 6.08 Å². The second-order valence-electron chi connectivity index (χ2n) is 7.92. The van der Waals surface area contributed by atoms with Gasteiger partial charge >= 0.3 is 0 Å². The molecule has 0 spiro atoms. The van der Waals surface area contributed by atoms with Gasteiger partial charge in [-0.15, -0.1) is 0 Å². The third kappa shape index (κ3) is 4.91. The normalized spacial score (nSPS) is 19.0. The number of hydrogen-bond acceptors (Lipinski definition) is 4. The summed E-state index contributed by atoms with van der Waals surface area (Å²) in [6.45, 7) is 1.95. The molecular formula is C24H27N3OS. The molecule has 0 aliphatic carbocycles. The number of carbonyl (C=O) groups excluding carboxylic acids is 1. The SMILES string of the molecule is CN(C)c1ccc(/C=C2\SC(N3CCC(Cc4ccccc4)CC3)=NC2=O)cc1. The Kier molecular flexibility index (Phi) is 6.05. The summed E-state index contributed by atoms with van der Waals surface area (Å²) in [5, 5.41) is 0.865. The van der Waals surface area contributed by atoms with E-state index >= 15 is 0 Å². The van der Waals surface area contributed by atoms with Crippen molar-refractivity contribution < 1.29 is 4.79 Å². The molecule has 0 aromatic heterocycles. The molecule has 4 nitrogen and oxygen atoms in total. The fourth-order valence-corrected chi connectivity index (χ4v) is 4.79. The van der Waals surface area contributed by atoms with E-state index in [-0.39, 0.29) is 5.91 Å². The van der Waals surface area contributed by atoms with Gasteiger partial charge in [0.25, 0.3) is 5.91 Å². The van der Waals surface area contributed by atoms with Crippen molar-refractivity contribution in [3.05, 3.63) is 70.6 Å². The molecule has 0 saturated carbocycles. The molecule has 1 saturated heterocycles.